The molecule has 1 aliphatic heterocycles. The van der Waals surface area contributed by atoms with Crippen LogP contribution in [0.5, 0.6) is 5.75 Å². The molecule has 0 bridgehead atoms. The molecule has 4 rings (SSSR count). The zero-order valence-electron chi connectivity index (χ0n) is 24.6. The molecule has 6 unspecified atom stereocenters. The van der Waals surface area contributed by atoms with Crippen LogP contribution in [0.1, 0.15) is 58.3 Å². The molecule has 2 heterocycles. The standard InChI is InChI=1S/C28H43N4O10P/c1-19(33)29-25-27(35)26(34)24(18-32-17-23(30-31-32)20-10-9-13-22(16-20)38-2)41-28(25)39-14-7-3-4-8-15-40-43(36,37)42-21-11-5-6-12-21/h9-10,13,16-17,21,24-28,34-35H,3-8,11-12,14-15,18H2,1-2H3,(H,29,33)(H,36,37). The Hall–Kier alpha value is -2.42. The second kappa shape index (κ2) is 16.1. The van der Waals surface area contributed by atoms with Gasteiger partial charge in [-0.15, -0.1) is 5.10 Å². The molecule has 43 heavy (non-hydrogen) atoms. The lowest BCUT2D eigenvalue weighted by Crippen LogP contribution is -2.64. The largest absolute Gasteiger partial charge is 0.497 e. The molecule has 1 amide bonds. The van der Waals surface area contributed by atoms with Gasteiger partial charge in [0.2, 0.25) is 5.91 Å². The summed E-state index contributed by atoms with van der Waals surface area (Å²) >= 11 is 0. The van der Waals surface area contributed by atoms with Crippen molar-refractivity contribution in [3.63, 3.8) is 0 Å². The first-order chi connectivity index (χ1) is 20.6. The second-order valence-electron chi connectivity index (χ2n) is 10.9. The van der Waals surface area contributed by atoms with Gasteiger partial charge in [0, 0.05) is 19.1 Å². The molecule has 240 valence electrons. The van der Waals surface area contributed by atoms with E-state index in [0.29, 0.717) is 24.3 Å². The first-order valence-corrected chi connectivity index (χ1v) is 16.3. The highest BCUT2D eigenvalue weighted by molar-refractivity contribution is 7.47. The fraction of sp³-hybridized carbons (Fsp3) is 0.679. The minimum atomic E-state index is -4.04. The molecule has 4 N–H and O–H groups in total. The van der Waals surface area contributed by atoms with Gasteiger partial charge in [-0.25, -0.2) is 9.25 Å². The summed E-state index contributed by atoms with van der Waals surface area (Å²) in [5, 5.41) is 32.6. The van der Waals surface area contributed by atoms with Crippen molar-refractivity contribution in [1.82, 2.24) is 20.3 Å². The zero-order chi connectivity index (χ0) is 30.8. The van der Waals surface area contributed by atoms with Crippen molar-refractivity contribution in [3.8, 4) is 17.0 Å². The van der Waals surface area contributed by atoms with Crippen LogP contribution in [0.15, 0.2) is 30.5 Å². The zero-order valence-corrected chi connectivity index (χ0v) is 25.5. The van der Waals surface area contributed by atoms with Crippen molar-refractivity contribution in [1.29, 1.82) is 0 Å². The Balaban J connectivity index is 1.24. The number of aliphatic hydroxyl groups is 2. The normalized spacial score (nSPS) is 25.8. The van der Waals surface area contributed by atoms with E-state index in [1.165, 1.54) is 11.6 Å². The number of benzene rings is 1. The minimum absolute atomic E-state index is 0.0843. The van der Waals surface area contributed by atoms with Crippen molar-refractivity contribution < 1.29 is 47.7 Å². The molecule has 14 nitrogen and oxygen atoms in total. The molecule has 1 aromatic carbocycles. The number of carbonyl (C=O) groups is 1. The van der Waals surface area contributed by atoms with Crippen molar-refractivity contribution in [3.05, 3.63) is 30.5 Å². The summed E-state index contributed by atoms with van der Waals surface area (Å²) in [5.41, 5.74) is 1.40. The van der Waals surface area contributed by atoms with E-state index >= 15 is 0 Å². The van der Waals surface area contributed by atoms with Crippen LogP contribution in [0, 0.1) is 0 Å². The predicted molar refractivity (Wildman–Crippen MR) is 154 cm³/mol. The fourth-order valence-electron chi connectivity index (χ4n) is 5.25. The number of hydrogen-bond donors (Lipinski definition) is 4. The molecule has 15 heteroatoms. The third-order valence-electron chi connectivity index (χ3n) is 7.50. The molecule has 2 aromatic rings. The van der Waals surface area contributed by atoms with Crippen molar-refractivity contribution in [2.24, 2.45) is 0 Å². The Kier molecular flexibility index (Phi) is 12.5. The quantitative estimate of drug-likeness (QED) is 0.158. The first kappa shape index (κ1) is 33.5. The Bertz CT molecular complexity index is 1210. The summed E-state index contributed by atoms with van der Waals surface area (Å²) < 4.78 is 41.1. The number of amides is 1. The number of nitrogens with one attached hydrogen (secondary N) is 1. The third kappa shape index (κ3) is 10.0. The van der Waals surface area contributed by atoms with Gasteiger partial charge in [-0.1, -0.05) is 43.0 Å². The SMILES string of the molecule is COc1cccc(-c2cn(CC3OC(OCCCCCCOP(=O)(O)OC4CCCC4)C(NC(C)=O)C(O)C3O)nn2)c1. The van der Waals surface area contributed by atoms with Crippen LogP contribution in [0.3, 0.4) is 0 Å². The molecule has 2 fully saturated rings. The van der Waals surface area contributed by atoms with E-state index in [4.69, 9.17) is 23.3 Å². The Morgan fingerprint density at radius 3 is 2.60 bits per heavy atom. The average Bonchev–Trinajstić information content (AvgIpc) is 3.66. The first-order valence-electron chi connectivity index (χ1n) is 14.8. The second-order valence-corrected chi connectivity index (χ2v) is 12.3. The molecule has 1 saturated heterocycles. The van der Waals surface area contributed by atoms with E-state index in [1.807, 2.05) is 24.3 Å². The number of aliphatic hydroxyl groups excluding tert-OH is 2. The maximum Gasteiger partial charge on any atom is 0.472 e. The summed E-state index contributed by atoms with van der Waals surface area (Å²) in [6.07, 6.45) is 3.20. The van der Waals surface area contributed by atoms with Gasteiger partial charge in [0.05, 0.1) is 32.6 Å². The number of phosphoric ester groups is 1. The summed E-state index contributed by atoms with van der Waals surface area (Å²) in [6.45, 7) is 1.78. The van der Waals surface area contributed by atoms with Crippen LogP contribution < -0.4 is 10.1 Å². The van der Waals surface area contributed by atoms with E-state index in [9.17, 15) is 24.5 Å². The van der Waals surface area contributed by atoms with Gasteiger partial charge < -0.3 is 34.6 Å². The number of phosphoric acid groups is 1. The number of nitrogens with zero attached hydrogens (tertiary/aromatic N) is 3. The van der Waals surface area contributed by atoms with Gasteiger partial charge in [-0.3, -0.25) is 13.8 Å². The minimum Gasteiger partial charge on any atom is -0.497 e. The van der Waals surface area contributed by atoms with Crippen molar-refractivity contribution in [2.45, 2.75) is 102 Å². The molecule has 6 atom stereocenters. The maximum absolute atomic E-state index is 12.1. The van der Waals surface area contributed by atoms with E-state index < -0.39 is 44.4 Å². The van der Waals surface area contributed by atoms with Gasteiger partial charge in [0.15, 0.2) is 6.29 Å². The molecule has 1 aromatic heterocycles. The lowest BCUT2D eigenvalue weighted by atomic mass is 9.96. The number of methoxy groups -OCH3 is 1. The van der Waals surface area contributed by atoms with Crippen LogP contribution in [0.25, 0.3) is 11.3 Å². The molecule has 1 aliphatic carbocycles. The summed E-state index contributed by atoms with van der Waals surface area (Å²) in [6, 6.07) is 6.40. The smallest absolute Gasteiger partial charge is 0.472 e. The topological polar surface area (TPSA) is 184 Å². The van der Waals surface area contributed by atoms with Crippen LogP contribution in [0.4, 0.5) is 0 Å². The van der Waals surface area contributed by atoms with Crippen LogP contribution in [-0.4, -0.2) is 93.1 Å². The molecular weight excluding hydrogens is 583 g/mol. The van der Waals surface area contributed by atoms with Crippen LogP contribution in [-0.2, 0) is 34.4 Å². The predicted octanol–water partition coefficient (Wildman–Crippen LogP) is 2.56. The highest BCUT2D eigenvalue weighted by Gasteiger charge is 2.45. The van der Waals surface area contributed by atoms with Crippen LogP contribution in [0.2, 0.25) is 0 Å². The highest BCUT2D eigenvalue weighted by Crippen LogP contribution is 2.47. The number of rotatable bonds is 16. The Morgan fingerprint density at radius 2 is 1.88 bits per heavy atom. The molecule has 0 spiro atoms. The van der Waals surface area contributed by atoms with E-state index in [-0.39, 0.29) is 25.9 Å². The number of ether oxygens (including phenoxy) is 3. The van der Waals surface area contributed by atoms with Crippen molar-refractivity contribution in [2.75, 3.05) is 20.3 Å². The monoisotopic (exact) mass is 626 g/mol. The molecule has 1 saturated carbocycles. The number of carbonyl (C=O) groups excluding carboxylic acids is 1. The third-order valence-corrected chi connectivity index (χ3v) is 8.58. The van der Waals surface area contributed by atoms with Crippen LogP contribution >= 0.6 is 7.82 Å². The fourth-order valence-corrected chi connectivity index (χ4v) is 6.26. The van der Waals surface area contributed by atoms with E-state index in [1.54, 1.807) is 13.3 Å². The van der Waals surface area contributed by atoms with E-state index in [2.05, 4.69) is 15.6 Å². The van der Waals surface area contributed by atoms with Gasteiger partial charge in [-0.2, -0.15) is 0 Å². The highest BCUT2D eigenvalue weighted by atomic mass is 31.2. The van der Waals surface area contributed by atoms with Gasteiger partial charge in [-0.05, 0) is 37.8 Å². The molecule has 0 radical (unpaired) electrons. The summed E-state index contributed by atoms with van der Waals surface area (Å²) in [5.74, 6) is 0.280. The lowest BCUT2D eigenvalue weighted by molar-refractivity contribution is -0.267. The average molecular weight is 627 g/mol. The van der Waals surface area contributed by atoms with Gasteiger partial charge in [0.1, 0.15) is 35.8 Å². The molecular formula is C28H43N4O10P. The number of hydrogen-bond acceptors (Lipinski definition) is 11. The van der Waals surface area contributed by atoms with Crippen molar-refractivity contribution >= 4 is 13.7 Å². The van der Waals surface area contributed by atoms with Gasteiger partial charge >= 0.3 is 7.82 Å². The number of unbranched alkanes of at least 4 members (excludes halogenated alkanes) is 3. The summed E-state index contributed by atoms with van der Waals surface area (Å²) in [7, 11) is -2.46. The number of aromatic nitrogens is 3. The maximum atomic E-state index is 12.1. The molecule has 2 aliphatic rings. The van der Waals surface area contributed by atoms with Gasteiger partial charge in [0.25, 0.3) is 0 Å². The lowest BCUT2D eigenvalue weighted by Gasteiger charge is -2.42. The Morgan fingerprint density at radius 1 is 1.14 bits per heavy atom. The summed E-state index contributed by atoms with van der Waals surface area (Å²) in [4.78, 5) is 21.7. The Labute approximate surface area is 251 Å². The van der Waals surface area contributed by atoms with E-state index in [0.717, 1.165) is 44.1 Å².